The van der Waals surface area contributed by atoms with Crippen molar-refractivity contribution in [2.75, 3.05) is 19.7 Å². The molecule has 2 aliphatic heterocycles. The van der Waals surface area contributed by atoms with Crippen LogP contribution in [0, 0.1) is 0 Å². The molecule has 5 nitrogen and oxygen atoms in total. The molecule has 2 heterocycles. The fourth-order valence-corrected chi connectivity index (χ4v) is 5.34. The van der Waals surface area contributed by atoms with Crippen molar-refractivity contribution in [1.29, 1.82) is 0 Å². The van der Waals surface area contributed by atoms with E-state index in [9.17, 15) is 9.59 Å². The zero-order valence-corrected chi connectivity index (χ0v) is 18.6. The minimum absolute atomic E-state index is 0.0138. The number of amides is 2. The first-order chi connectivity index (χ1) is 15.7. The number of hydrogen-bond acceptors (Lipinski definition) is 3. The number of nitrogens with zero attached hydrogens (tertiary/aromatic N) is 2. The Hall–Kier alpha value is -3.08. The first kappa shape index (κ1) is 20.8. The Labute approximate surface area is 189 Å². The number of carbonyl (C=O) groups excluding carboxylic acids is 2. The first-order valence-corrected chi connectivity index (χ1v) is 11.8. The molecular formula is C27H30N2O3. The van der Waals surface area contributed by atoms with Crippen LogP contribution in [0.2, 0.25) is 0 Å². The van der Waals surface area contributed by atoms with Crippen molar-refractivity contribution in [1.82, 2.24) is 9.80 Å². The molecule has 2 unspecified atom stereocenters. The highest BCUT2D eigenvalue weighted by atomic mass is 16.6. The number of rotatable bonds is 6. The molecule has 2 atom stereocenters. The van der Waals surface area contributed by atoms with Crippen molar-refractivity contribution in [3.63, 3.8) is 0 Å². The highest BCUT2D eigenvalue weighted by Gasteiger charge is 2.39. The van der Waals surface area contributed by atoms with Crippen LogP contribution >= 0.6 is 0 Å². The van der Waals surface area contributed by atoms with Crippen LogP contribution in [0.25, 0.3) is 11.1 Å². The van der Waals surface area contributed by atoms with Crippen LogP contribution in [0.15, 0.2) is 60.7 Å². The molecule has 1 fully saturated rings. The van der Waals surface area contributed by atoms with Gasteiger partial charge in [0, 0.05) is 19.0 Å². The van der Waals surface area contributed by atoms with Gasteiger partial charge in [-0.05, 0) is 41.5 Å². The fraction of sp³-hybridized carbons (Fsp3) is 0.407. The molecule has 0 radical (unpaired) electrons. The standard InChI is InChI=1S/C27H30N2O3/c1-2-3-16-29(25-15-14-19-9-8-17-28(19)26(25)30)27(31)32-18-24-22-12-6-4-10-20(22)21-11-5-7-13-23(21)24/h4-7,10-15,19,24-25H,2-3,8-9,16-18H2,1H3. The highest BCUT2D eigenvalue weighted by molar-refractivity contribution is 5.89. The zero-order valence-electron chi connectivity index (χ0n) is 18.6. The molecule has 2 amide bonds. The Balaban J connectivity index is 1.35. The van der Waals surface area contributed by atoms with Crippen LogP contribution in [0.4, 0.5) is 4.79 Å². The summed E-state index contributed by atoms with van der Waals surface area (Å²) in [4.78, 5) is 29.9. The Morgan fingerprint density at radius 3 is 2.44 bits per heavy atom. The molecule has 32 heavy (non-hydrogen) atoms. The summed E-state index contributed by atoms with van der Waals surface area (Å²) >= 11 is 0. The smallest absolute Gasteiger partial charge is 0.410 e. The highest BCUT2D eigenvalue weighted by Crippen LogP contribution is 2.44. The van der Waals surface area contributed by atoms with Gasteiger partial charge in [-0.1, -0.05) is 74.0 Å². The van der Waals surface area contributed by atoms with Crippen LogP contribution in [-0.2, 0) is 9.53 Å². The van der Waals surface area contributed by atoms with E-state index in [4.69, 9.17) is 4.74 Å². The average Bonchev–Trinajstić information content (AvgIpc) is 3.42. The molecule has 2 aromatic rings. The molecule has 0 aromatic heterocycles. The normalized spacial score (nSPS) is 21.3. The zero-order chi connectivity index (χ0) is 22.1. The van der Waals surface area contributed by atoms with E-state index in [1.165, 1.54) is 22.3 Å². The minimum atomic E-state index is -0.563. The van der Waals surface area contributed by atoms with Gasteiger partial charge in [0.15, 0.2) is 0 Å². The Morgan fingerprint density at radius 1 is 1.06 bits per heavy atom. The molecule has 0 N–H and O–H groups in total. The fourth-order valence-electron chi connectivity index (χ4n) is 5.34. The second kappa shape index (κ2) is 8.81. The molecule has 1 aliphatic carbocycles. The molecule has 3 aliphatic rings. The largest absolute Gasteiger partial charge is 0.448 e. The number of fused-ring (bicyclic) bond motifs is 4. The first-order valence-electron chi connectivity index (χ1n) is 11.8. The van der Waals surface area contributed by atoms with E-state index in [0.717, 1.165) is 32.2 Å². The third-order valence-corrected chi connectivity index (χ3v) is 7.01. The van der Waals surface area contributed by atoms with Crippen molar-refractivity contribution >= 4 is 12.0 Å². The molecule has 0 bridgehead atoms. The van der Waals surface area contributed by atoms with Gasteiger partial charge in [-0.2, -0.15) is 0 Å². The van der Waals surface area contributed by atoms with Gasteiger partial charge >= 0.3 is 6.09 Å². The van der Waals surface area contributed by atoms with E-state index in [2.05, 4.69) is 37.3 Å². The second-order valence-electron chi connectivity index (χ2n) is 8.92. The van der Waals surface area contributed by atoms with Gasteiger partial charge in [0.25, 0.3) is 0 Å². The maximum atomic E-state index is 13.3. The van der Waals surface area contributed by atoms with Crippen LogP contribution in [0.3, 0.4) is 0 Å². The number of carbonyl (C=O) groups is 2. The Bertz CT molecular complexity index is 1000. The van der Waals surface area contributed by atoms with E-state index in [-0.39, 0.29) is 24.5 Å². The molecule has 0 spiro atoms. The SMILES string of the molecule is CCCCN(C(=O)OCC1c2ccccc2-c2ccccc21)C1C=CC2CCCN2C1=O. The predicted molar refractivity (Wildman–Crippen MR) is 124 cm³/mol. The number of ether oxygens (including phenoxy) is 1. The Kier molecular flexibility index (Phi) is 5.73. The van der Waals surface area contributed by atoms with Gasteiger partial charge < -0.3 is 9.64 Å². The minimum Gasteiger partial charge on any atom is -0.448 e. The van der Waals surface area contributed by atoms with Gasteiger partial charge in [-0.25, -0.2) is 4.79 Å². The summed E-state index contributed by atoms with van der Waals surface area (Å²) in [5.74, 6) is 0.0412. The molecule has 166 valence electrons. The third-order valence-electron chi connectivity index (χ3n) is 7.01. The van der Waals surface area contributed by atoms with Crippen molar-refractivity contribution < 1.29 is 14.3 Å². The van der Waals surface area contributed by atoms with E-state index >= 15 is 0 Å². The van der Waals surface area contributed by atoms with Gasteiger partial charge in [-0.15, -0.1) is 0 Å². The topological polar surface area (TPSA) is 49.9 Å². The lowest BCUT2D eigenvalue weighted by atomic mass is 9.98. The second-order valence-corrected chi connectivity index (χ2v) is 8.92. The summed E-state index contributed by atoms with van der Waals surface area (Å²) in [5.41, 5.74) is 4.79. The number of benzene rings is 2. The van der Waals surface area contributed by atoms with Crippen molar-refractivity contribution in [3.8, 4) is 11.1 Å². The molecular weight excluding hydrogens is 400 g/mol. The monoisotopic (exact) mass is 430 g/mol. The van der Waals surface area contributed by atoms with Gasteiger partial charge in [0.1, 0.15) is 12.6 Å². The van der Waals surface area contributed by atoms with E-state index in [1.807, 2.05) is 35.2 Å². The van der Waals surface area contributed by atoms with Crippen molar-refractivity contribution in [2.24, 2.45) is 0 Å². The van der Waals surface area contributed by atoms with Crippen LogP contribution in [0.5, 0.6) is 0 Å². The van der Waals surface area contributed by atoms with Crippen LogP contribution in [0.1, 0.15) is 49.7 Å². The van der Waals surface area contributed by atoms with Crippen molar-refractivity contribution in [3.05, 3.63) is 71.8 Å². The lowest BCUT2D eigenvalue weighted by molar-refractivity contribution is -0.135. The molecule has 1 saturated heterocycles. The number of unbranched alkanes of at least 4 members (excludes halogenated alkanes) is 1. The van der Waals surface area contributed by atoms with E-state index < -0.39 is 12.1 Å². The van der Waals surface area contributed by atoms with E-state index in [1.54, 1.807) is 4.90 Å². The lowest BCUT2D eigenvalue weighted by Gasteiger charge is -2.36. The van der Waals surface area contributed by atoms with Gasteiger partial charge in [0.2, 0.25) is 5.91 Å². The molecule has 2 aromatic carbocycles. The van der Waals surface area contributed by atoms with E-state index in [0.29, 0.717) is 6.54 Å². The van der Waals surface area contributed by atoms with Crippen LogP contribution < -0.4 is 0 Å². The lowest BCUT2D eigenvalue weighted by Crippen LogP contribution is -2.53. The maximum Gasteiger partial charge on any atom is 0.410 e. The van der Waals surface area contributed by atoms with Gasteiger partial charge in [-0.3, -0.25) is 9.69 Å². The summed E-state index contributed by atoms with van der Waals surface area (Å²) < 4.78 is 5.89. The van der Waals surface area contributed by atoms with Gasteiger partial charge in [0.05, 0.1) is 6.04 Å². The quantitative estimate of drug-likeness (QED) is 0.608. The average molecular weight is 431 g/mol. The predicted octanol–water partition coefficient (Wildman–Crippen LogP) is 4.97. The molecule has 5 heteroatoms. The summed E-state index contributed by atoms with van der Waals surface area (Å²) in [6.45, 7) is 3.65. The van der Waals surface area contributed by atoms with Crippen molar-refractivity contribution in [2.45, 2.75) is 50.6 Å². The number of hydrogen-bond donors (Lipinski definition) is 0. The summed E-state index contributed by atoms with van der Waals surface area (Å²) in [6.07, 6.45) is 7.42. The summed E-state index contributed by atoms with van der Waals surface area (Å²) in [7, 11) is 0. The third kappa shape index (κ3) is 3.60. The molecule has 5 rings (SSSR count). The molecule has 0 saturated carbocycles. The summed E-state index contributed by atoms with van der Waals surface area (Å²) in [6, 6.07) is 16.3. The maximum absolute atomic E-state index is 13.3. The van der Waals surface area contributed by atoms with Crippen LogP contribution in [-0.4, -0.2) is 53.6 Å². The summed E-state index contributed by atoms with van der Waals surface area (Å²) in [5, 5.41) is 0. The Morgan fingerprint density at radius 2 is 1.75 bits per heavy atom.